The third-order valence-electron chi connectivity index (χ3n) is 5.02. The summed E-state index contributed by atoms with van der Waals surface area (Å²) in [6, 6.07) is 9.29. The number of nitrogens with one attached hydrogen (secondary N) is 1. The molecule has 1 fully saturated rings. The summed E-state index contributed by atoms with van der Waals surface area (Å²) in [4.78, 5) is 0.291. The minimum Gasteiger partial charge on any atom is -0.454 e. The Morgan fingerprint density at radius 1 is 1.07 bits per heavy atom. The third kappa shape index (κ3) is 3.67. The van der Waals surface area contributed by atoms with Crippen LogP contribution in [0.5, 0.6) is 11.5 Å². The number of sulfonamides is 1. The van der Waals surface area contributed by atoms with Gasteiger partial charge in [0.2, 0.25) is 16.8 Å². The van der Waals surface area contributed by atoms with Crippen LogP contribution in [0.3, 0.4) is 0 Å². The van der Waals surface area contributed by atoms with Crippen LogP contribution in [0.15, 0.2) is 35.2 Å². The van der Waals surface area contributed by atoms with Gasteiger partial charge in [-0.3, -0.25) is 0 Å². The normalized spacial score (nSPS) is 18.8. The second kappa shape index (κ2) is 7.14. The van der Waals surface area contributed by atoms with Crippen LogP contribution < -0.4 is 14.2 Å². The van der Waals surface area contributed by atoms with Crippen LogP contribution in [0.2, 0.25) is 0 Å². The number of fused-ring (bicyclic) bond motifs is 1. The predicted molar refractivity (Wildman–Crippen MR) is 102 cm³/mol. The van der Waals surface area contributed by atoms with Gasteiger partial charge in [-0.25, -0.2) is 13.1 Å². The summed E-state index contributed by atoms with van der Waals surface area (Å²) in [6.45, 7) is 5.00. The Balaban J connectivity index is 1.66. The van der Waals surface area contributed by atoms with Crippen molar-refractivity contribution in [1.29, 1.82) is 0 Å². The van der Waals surface area contributed by atoms with Crippen LogP contribution in [0.25, 0.3) is 11.1 Å². The van der Waals surface area contributed by atoms with Gasteiger partial charge < -0.3 is 14.2 Å². The first-order chi connectivity index (χ1) is 12.9. The fraction of sp³-hybridized carbons (Fsp3) is 0.400. The highest BCUT2D eigenvalue weighted by Gasteiger charge is 2.23. The van der Waals surface area contributed by atoms with Crippen molar-refractivity contribution in [3.05, 3.63) is 41.5 Å². The van der Waals surface area contributed by atoms with Crippen molar-refractivity contribution in [2.75, 3.05) is 19.9 Å². The van der Waals surface area contributed by atoms with E-state index in [-0.39, 0.29) is 12.9 Å². The van der Waals surface area contributed by atoms with Crippen molar-refractivity contribution < 1.29 is 22.6 Å². The Hall–Kier alpha value is -2.09. The van der Waals surface area contributed by atoms with E-state index < -0.39 is 10.0 Å². The highest BCUT2D eigenvalue weighted by atomic mass is 32.2. The zero-order chi connectivity index (χ0) is 19.0. The van der Waals surface area contributed by atoms with E-state index >= 15 is 0 Å². The Kier molecular flexibility index (Phi) is 4.84. The maximum atomic E-state index is 12.9. The Morgan fingerprint density at radius 3 is 2.67 bits per heavy atom. The molecule has 0 aromatic heterocycles. The number of rotatable bonds is 5. The van der Waals surface area contributed by atoms with E-state index in [1.54, 1.807) is 6.07 Å². The van der Waals surface area contributed by atoms with Crippen molar-refractivity contribution in [2.24, 2.45) is 0 Å². The van der Waals surface area contributed by atoms with Gasteiger partial charge in [0, 0.05) is 13.2 Å². The van der Waals surface area contributed by atoms with E-state index in [0.29, 0.717) is 29.5 Å². The van der Waals surface area contributed by atoms with Gasteiger partial charge in [0.1, 0.15) is 0 Å². The summed E-state index contributed by atoms with van der Waals surface area (Å²) in [5, 5.41) is 0. The zero-order valence-corrected chi connectivity index (χ0v) is 16.3. The molecule has 0 bridgehead atoms. The SMILES string of the molecule is Cc1cc(C)c(S(=O)(=O)NCC2CCCO2)cc1-c1ccc2c(c1)OCO2. The van der Waals surface area contributed by atoms with Crippen molar-refractivity contribution >= 4 is 10.0 Å². The zero-order valence-electron chi connectivity index (χ0n) is 15.4. The third-order valence-corrected chi connectivity index (χ3v) is 6.59. The number of benzene rings is 2. The van der Waals surface area contributed by atoms with Crippen LogP contribution in [-0.4, -0.2) is 34.5 Å². The molecule has 1 N–H and O–H groups in total. The lowest BCUT2D eigenvalue weighted by atomic mass is 9.98. The highest BCUT2D eigenvalue weighted by Crippen LogP contribution is 2.37. The highest BCUT2D eigenvalue weighted by molar-refractivity contribution is 7.89. The summed E-state index contributed by atoms with van der Waals surface area (Å²) in [7, 11) is -3.62. The second-order valence-corrected chi connectivity index (χ2v) is 8.72. The van der Waals surface area contributed by atoms with Crippen molar-refractivity contribution in [3.63, 3.8) is 0 Å². The largest absolute Gasteiger partial charge is 0.454 e. The lowest BCUT2D eigenvalue weighted by Gasteiger charge is -2.16. The van der Waals surface area contributed by atoms with Crippen molar-refractivity contribution in [1.82, 2.24) is 4.72 Å². The van der Waals surface area contributed by atoms with Gasteiger partial charge in [-0.2, -0.15) is 0 Å². The molecule has 0 aliphatic carbocycles. The Bertz CT molecular complexity index is 965. The molecule has 2 aromatic carbocycles. The number of ether oxygens (including phenoxy) is 3. The maximum Gasteiger partial charge on any atom is 0.240 e. The lowest BCUT2D eigenvalue weighted by molar-refractivity contribution is 0.114. The molecule has 1 unspecified atom stereocenters. The minimum atomic E-state index is -3.62. The molecule has 27 heavy (non-hydrogen) atoms. The van der Waals surface area contributed by atoms with E-state index in [9.17, 15) is 8.42 Å². The topological polar surface area (TPSA) is 73.9 Å². The van der Waals surface area contributed by atoms with E-state index in [4.69, 9.17) is 14.2 Å². The average Bonchev–Trinajstić information content (AvgIpc) is 3.31. The van der Waals surface area contributed by atoms with Crippen molar-refractivity contribution in [2.45, 2.75) is 37.7 Å². The van der Waals surface area contributed by atoms with E-state index in [0.717, 1.165) is 35.1 Å². The molecule has 1 saturated heterocycles. The molecule has 144 valence electrons. The van der Waals surface area contributed by atoms with E-state index in [2.05, 4.69) is 4.72 Å². The average molecular weight is 389 g/mol. The molecule has 0 spiro atoms. The molecule has 0 saturated carbocycles. The number of hydrogen-bond donors (Lipinski definition) is 1. The standard InChI is InChI=1S/C20H23NO5S/c1-13-8-14(2)20(27(22,23)21-11-16-4-3-7-24-16)10-17(13)15-5-6-18-19(9-15)26-12-25-18/h5-6,8-10,16,21H,3-4,7,11-12H2,1-2H3. The molecule has 2 aromatic rings. The predicted octanol–water partition coefficient (Wildman–Crippen LogP) is 3.16. The lowest BCUT2D eigenvalue weighted by Crippen LogP contribution is -2.32. The summed E-state index contributed by atoms with van der Waals surface area (Å²) in [5.41, 5.74) is 3.48. The quantitative estimate of drug-likeness (QED) is 0.850. The first-order valence-corrected chi connectivity index (χ1v) is 10.5. The molecule has 2 heterocycles. The minimum absolute atomic E-state index is 0.0427. The van der Waals surface area contributed by atoms with Crippen LogP contribution in [0.4, 0.5) is 0 Å². The molecule has 0 amide bonds. The monoisotopic (exact) mass is 389 g/mol. The molecule has 2 aliphatic rings. The maximum absolute atomic E-state index is 12.9. The van der Waals surface area contributed by atoms with Gasteiger partial charge in [-0.05, 0) is 67.1 Å². The van der Waals surface area contributed by atoms with Gasteiger partial charge in [0.25, 0.3) is 0 Å². The van der Waals surface area contributed by atoms with Crippen LogP contribution in [0.1, 0.15) is 24.0 Å². The molecular weight excluding hydrogens is 366 g/mol. The Morgan fingerprint density at radius 2 is 1.89 bits per heavy atom. The molecule has 7 heteroatoms. The summed E-state index contributed by atoms with van der Waals surface area (Å²) >= 11 is 0. The first-order valence-electron chi connectivity index (χ1n) is 9.06. The summed E-state index contributed by atoms with van der Waals surface area (Å²) in [6.07, 6.45) is 1.82. The molecule has 1 atom stereocenters. The summed E-state index contributed by atoms with van der Waals surface area (Å²) < 4.78 is 44.8. The molecular formula is C20H23NO5S. The number of aryl methyl sites for hydroxylation is 2. The van der Waals surface area contributed by atoms with Crippen LogP contribution in [0, 0.1) is 13.8 Å². The molecule has 6 nitrogen and oxygen atoms in total. The van der Waals surface area contributed by atoms with Gasteiger partial charge in [-0.15, -0.1) is 0 Å². The second-order valence-electron chi connectivity index (χ2n) is 6.99. The molecule has 2 aliphatic heterocycles. The smallest absolute Gasteiger partial charge is 0.240 e. The molecule has 4 rings (SSSR count). The van der Waals surface area contributed by atoms with Gasteiger partial charge >= 0.3 is 0 Å². The molecule has 0 radical (unpaired) electrons. The summed E-state index contributed by atoms with van der Waals surface area (Å²) in [5.74, 6) is 1.38. The first kappa shape index (κ1) is 18.3. The van der Waals surface area contributed by atoms with Gasteiger partial charge in [0.05, 0.1) is 11.0 Å². The fourth-order valence-corrected chi connectivity index (χ4v) is 4.90. The fourth-order valence-electron chi connectivity index (χ4n) is 3.58. The van der Waals surface area contributed by atoms with Crippen LogP contribution in [-0.2, 0) is 14.8 Å². The van der Waals surface area contributed by atoms with Crippen LogP contribution >= 0.6 is 0 Å². The van der Waals surface area contributed by atoms with E-state index in [1.165, 1.54) is 0 Å². The Labute approximate surface area is 159 Å². The number of hydrogen-bond acceptors (Lipinski definition) is 5. The van der Waals surface area contributed by atoms with E-state index in [1.807, 2.05) is 38.1 Å². The van der Waals surface area contributed by atoms with Crippen molar-refractivity contribution in [3.8, 4) is 22.6 Å². The van der Waals surface area contributed by atoms with Gasteiger partial charge in [-0.1, -0.05) is 12.1 Å². The van der Waals surface area contributed by atoms with Gasteiger partial charge in [0.15, 0.2) is 11.5 Å².